The van der Waals surface area contributed by atoms with Crippen molar-refractivity contribution in [3.05, 3.63) is 54.0 Å². The highest BCUT2D eigenvalue weighted by Crippen LogP contribution is 2.28. The van der Waals surface area contributed by atoms with E-state index in [1.807, 2.05) is 18.3 Å². The van der Waals surface area contributed by atoms with Crippen LogP contribution in [0.1, 0.15) is 11.4 Å². The standard InChI is InChI=1S/C21H21ClN6O/c1-14-3-2-4-15(11-14)16-5-6-28(26-16)19-12-17(27-7-9-29-10-8-27)20-21(25-19)24-18(13-22)23-20/h2-6,11-12H,7-10,13H2,1H3,(H,23,24,25). The third-order valence-corrected chi connectivity index (χ3v) is 5.35. The molecular formula is C21H21ClN6O. The van der Waals surface area contributed by atoms with Crippen LogP contribution >= 0.6 is 11.6 Å². The highest BCUT2D eigenvalue weighted by molar-refractivity contribution is 6.16. The molecule has 1 aromatic carbocycles. The Labute approximate surface area is 173 Å². The first-order chi connectivity index (χ1) is 14.2. The van der Waals surface area contributed by atoms with E-state index >= 15 is 0 Å². The molecule has 0 spiro atoms. The summed E-state index contributed by atoms with van der Waals surface area (Å²) in [5.74, 6) is 1.75. The minimum Gasteiger partial charge on any atom is -0.378 e. The van der Waals surface area contributed by atoms with Crippen molar-refractivity contribution in [2.45, 2.75) is 12.8 Å². The van der Waals surface area contributed by atoms with Gasteiger partial charge in [-0.1, -0.05) is 23.8 Å². The van der Waals surface area contributed by atoms with Crippen molar-refractivity contribution >= 4 is 28.5 Å². The second kappa shape index (κ2) is 7.50. The predicted octanol–water partition coefficient (Wildman–Crippen LogP) is 3.69. The van der Waals surface area contributed by atoms with Gasteiger partial charge in [0.2, 0.25) is 0 Å². The normalized spacial score (nSPS) is 14.6. The number of aromatic amines is 1. The molecule has 0 aliphatic carbocycles. The molecule has 0 bridgehead atoms. The minimum atomic E-state index is 0.313. The molecule has 0 radical (unpaired) electrons. The van der Waals surface area contributed by atoms with Crippen molar-refractivity contribution in [2.75, 3.05) is 31.2 Å². The Kier molecular flexibility index (Phi) is 4.69. The van der Waals surface area contributed by atoms with E-state index in [0.29, 0.717) is 30.6 Å². The van der Waals surface area contributed by atoms with E-state index in [1.165, 1.54) is 5.56 Å². The number of fused-ring (bicyclic) bond motifs is 1. The number of morpholine rings is 1. The zero-order valence-electron chi connectivity index (χ0n) is 16.1. The summed E-state index contributed by atoms with van der Waals surface area (Å²) in [6.07, 6.45) is 1.93. The molecule has 1 aliphatic heterocycles. The topological polar surface area (TPSA) is 71.9 Å². The van der Waals surface area contributed by atoms with Crippen LogP contribution in [0.2, 0.25) is 0 Å². The first-order valence-electron chi connectivity index (χ1n) is 9.62. The number of hydrogen-bond donors (Lipinski definition) is 1. The molecule has 7 nitrogen and oxygen atoms in total. The molecule has 1 fully saturated rings. The lowest BCUT2D eigenvalue weighted by atomic mass is 10.1. The van der Waals surface area contributed by atoms with E-state index in [2.05, 4.69) is 46.1 Å². The van der Waals surface area contributed by atoms with E-state index < -0.39 is 0 Å². The third kappa shape index (κ3) is 3.47. The molecule has 148 valence electrons. The number of imidazole rings is 1. The Balaban J connectivity index is 1.60. The average Bonchev–Trinajstić information content (AvgIpc) is 3.41. The lowest BCUT2D eigenvalue weighted by molar-refractivity contribution is 0.123. The van der Waals surface area contributed by atoms with Gasteiger partial charge in [-0.05, 0) is 19.1 Å². The van der Waals surface area contributed by atoms with Crippen LogP contribution in [-0.4, -0.2) is 51.0 Å². The maximum Gasteiger partial charge on any atom is 0.182 e. The molecule has 0 saturated carbocycles. The Morgan fingerprint density at radius 3 is 2.79 bits per heavy atom. The number of hydrogen-bond acceptors (Lipinski definition) is 5. The number of pyridine rings is 1. The first-order valence-corrected chi connectivity index (χ1v) is 10.2. The summed E-state index contributed by atoms with van der Waals surface area (Å²) in [6.45, 7) is 5.13. The summed E-state index contributed by atoms with van der Waals surface area (Å²) in [5.41, 5.74) is 5.79. The zero-order valence-corrected chi connectivity index (χ0v) is 16.9. The number of aromatic nitrogens is 5. The molecular weight excluding hydrogens is 388 g/mol. The van der Waals surface area contributed by atoms with Crippen molar-refractivity contribution in [1.29, 1.82) is 0 Å². The van der Waals surface area contributed by atoms with Gasteiger partial charge in [0.25, 0.3) is 0 Å². The number of benzene rings is 1. The van der Waals surface area contributed by atoms with E-state index in [1.54, 1.807) is 4.68 Å². The van der Waals surface area contributed by atoms with Gasteiger partial charge >= 0.3 is 0 Å². The van der Waals surface area contributed by atoms with E-state index in [0.717, 1.165) is 41.4 Å². The van der Waals surface area contributed by atoms with Gasteiger partial charge in [-0.3, -0.25) is 0 Å². The first kappa shape index (κ1) is 18.1. The lowest BCUT2D eigenvalue weighted by Gasteiger charge is -2.29. The van der Waals surface area contributed by atoms with Gasteiger partial charge in [0, 0.05) is 30.9 Å². The second-order valence-corrected chi connectivity index (χ2v) is 7.40. The molecule has 1 aliphatic rings. The Bertz CT molecular complexity index is 1160. The summed E-state index contributed by atoms with van der Waals surface area (Å²) < 4.78 is 7.32. The molecule has 4 aromatic rings. The van der Waals surface area contributed by atoms with Gasteiger partial charge < -0.3 is 14.6 Å². The Morgan fingerprint density at radius 2 is 2.00 bits per heavy atom. The van der Waals surface area contributed by atoms with Crippen molar-refractivity contribution in [1.82, 2.24) is 24.7 Å². The fourth-order valence-electron chi connectivity index (χ4n) is 3.65. The number of anilines is 1. The number of rotatable bonds is 4. The minimum absolute atomic E-state index is 0.313. The number of nitrogens with zero attached hydrogens (tertiary/aromatic N) is 5. The summed E-state index contributed by atoms with van der Waals surface area (Å²) in [4.78, 5) is 14.9. The average molecular weight is 409 g/mol. The monoisotopic (exact) mass is 408 g/mol. The van der Waals surface area contributed by atoms with Crippen LogP contribution in [-0.2, 0) is 10.6 Å². The van der Waals surface area contributed by atoms with Crippen LogP contribution in [0.4, 0.5) is 5.69 Å². The van der Waals surface area contributed by atoms with Crippen LogP contribution < -0.4 is 4.90 Å². The number of alkyl halides is 1. The molecule has 8 heteroatoms. The predicted molar refractivity (Wildman–Crippen MR) is 114 cm³/mol. The third-order valence-electron chi connectivity index (χ3n) is 5.09. The molecule has 29 heavy (non-hydrogen) atoms. The number of H-pyrrole nitrogens is 1. The number of nitrogens with one attached hydrogen (secondary N) is 1. The highest BCUT2D eigenvalue weighted by atomic mass is 35.5. The molecule has 0 atom stereocenters. The molecule has 1 N–H and O–H groups in total. The quantitative estimate of drug-likeness (QED) is 0.521. The lowest BCUT2D eigenvalue weighted by Crippen LogP contribution is -2.36. The van der Waals surface area contributed by atoms with E-state index in [-0.39, 0.29) is 0 Å². The number of ether oxygens (including phenoxy) is 1. The SMILES string of the molecule is Cc1cccc(-c2ccn(-c3cc(N4CCOCC4)c4[nH]c(CCl)nc4n3)n2)c1. The Hall–Kier alpha value is -2.90. The van der Waals surface area contributed by atoms with Crippen LogP contribution in [0.15, 0.2) is 42.6 Å². The maximum atomic E-state index is 6.00. The second-order valence-electron chi connectivity index (χ2n) is 7.13. The van der Waals surface area contributed by atoms with Crippen LogP contribution in [0, 0.1) is 6.92 Å². The van der Waals surface area contributed by atoms with Crippen LogP contribution in [0.5, 0.6) is 0 Å². The largest absolute Gasteiger partial charge is 0.378 e. The van der Waals surface area contributed by atoms with Crippen molar-refractivity contribution in [3.8, 4) is 17.1 Å². The molecule has 4 heterocycles. The Morgan fingerprint density at radius 1 is 1.14 bits per heavy atom. The van der Waals surface area contributed by atoms with Crippen molar-refractivity contribution in [3.63, 3.8) is 0 Å². The van der Waals surface area contributed by atoms with Gasteiger partial charge in [-0.25, -0.2) is 14.6 Å². The van der Waals surface area contributed by atoms with Crippen molar-refractivity contribution in [2.24, 2.45) is 0 Å². The van der Waals surface area contributed by atoms with E-state index in [9.17, 15) is 0 Å². The zero-order chi connectivity index (χ0) is 19.8. The smallest absolute Gasteiger partial charge is 0.182 e. The summed E-state index contributed by atoms with van der Waals surface area (Å²) in [6, 6.07) is 12.4. The number of aryl methyl sites for hydroxylation is 1. The summed E-state index contributed by atoms with van der Waals surface area (Å²) >= 11 is 6.00. The fraction of sp³-hybridized carbons (Fsp3) is 0.286. The fourth-order valence-corrected chi connectivity index (χ4v) is 3.78. The van der Waals surface area contributed by atoms with Gasteiger partial charge in [0.05, 0.1) is 30.5 Å². The van der Waals surface area contributed by atoms with Crippen LogP contribution in [0.3, 0.4) is 0 Å². The molecule has 1 saturated heterocycles. The van der Waals surface area contributed by atoms with Crippen LogP contribution in [0.25, 0.3) is 28.2 Å². The molecule has 0 unspecified atom stereocenters. The van der Waals surface area contributed by atoms with Gasteiger partial charge in [0.1, 0.15) is 11.3 Å². The van der Waals surface area contributed by atoms with Gasteiger partial charge in [-0.15, -0.1) is 11.6 Å². The summed E-state index contributed by atoms with van der Waals surface area (Å²) in [5, 5.41) is 4.76. The molecule has 5 rings (SSSR count). The molecule has 3 aromatic heterocycles. The van der Waals surface area contributed by atoms with Crippen molar-refractivity contribution < 1.29 is 4.74 Å². The molecule has 0 amide bonds. The van der Waals surface area contributed by atoms with E-state index in [4.69, 9.17) is 26.4 Å². The summed E-state index contributed by atoms with van der Waals surface area (Å²) in [7, 11) is 0. The number of halogens is 1. The highest BCUT2D eigenvalue weighted by Gasteiger charge is 2.19. The maximum absolute atomic E-state index is 6.00. The van der Waals surface area contributed by atoms with Gasteiger partial charge in [-0.2, -0.15) is 5.10 Å². The van der Waals surface area contributed by atoms with Gasteiger partial charge in [0.15, 0.2) is 11.5 Å².